The zero-order valence-electron chi connectivity index (χ0n) is 6.98. The van der Waals surface area contributed by atoms with Crippen LogP contribution in [0.25, 0.3) is 0 Å². The maximum atomic E-state index is 12.5. The second kappa shape index (κ2) is 5.00. The molecule has 0 saturated heterocycles. The van der Waals surface area contributed by atoms with E-state index in [1.165, 1.54) is 0 Å². The summed E-state index contributed by atoms with van der Waals surface area (Å²) in [5.41, 5.74) is 0.330. The van der Waals surface area contributed by atoms with Crippen molar-refractivity contribution in [1.29, 1.82) is 0 Å². The van der Waals surface area contributed by atoms with Crippen molar-refractivity contribution in [3.63, 3.8) is 0 Å². The normalized spacial score (nSPS) is 11.0. The van der Waals surface area contributed by atoms with Crippen LogP contribution in [0.1, 0.15) is 23.1 Å². The van der Waals surface area contributed by atoms with Crippen molar-refractivity contribution < 1.29 is 13.9 Å². The van der Waals surface area contributed by atoms with E-state index in [-0.39, 0.29) is 23.6 Å². The highest BCUT2D eigenvalue weighted by Crippen LogP contribution is 2.29. The van der Waals surface area contributed by atoms with Crippen LogP contribution < -0.4 is 0 Å². The SMILES string of the molecule is OCc1c(Br)ncc(C(F)F)c1CCl. The molecule has 1 aromatic heterocycles. The molecule has 1 heterocycles. The second-order valence-electron chi connectivity index (χ2n) is 2.55. The highest BCUT2D eigenvalue weighted by Gasteiger charge is 2.18. The van der Waals surface area contributed by atoms with E-state index in [0.717, 1.165) is 6.20 Å². The van der Waals surface area contributed by atoms with Crippen LogP contribution in [0.4, 0.5) is 8.78 Å². The lowest BCUT2D eigenvalue weighted by Gasteiger charge is -2.11. The first-order chi connectivity index (χ1) is 6.61. The summed E-state index contributed by atoms with van der Waals surface area (Å²) >= 11 is 8.60. The van der Waals surface area contributed by atoms with Gasteiger partial charge in [-0.3, -0.25) is 0 Å². The standard InChI is InChI=1S/C8H7BrClF2NO/c9-7-6(3-14)4(1-10)5(2-13-7)8(11)12/h2,8,14H,1,3H2. The van der Waals surface area contributed by atoms with Gasteiger partial charge in [0.05, 0.1) is 6.61 Å². The zero-order chi connectivity index (χ0) is 10.7. The van der Waals surface area contributed by atoms with Gasteiger partial charge in [0.1, 0.15) is 4.60 Å². The average molecular weight is 287 g/mol. The van der Waals surface area contributed by atoms with Gasteiger partial charge in [-0.15, -0.1) is 11.6 Å². The molecular formula is C8H7BrClF2NO. The first kappa shape index (κ1) is 11.8. The first-order valence-corrected chi connectivity index (χ1v) is 5.05. The van der Waals surface area contributed by atoms with Crippen molar-refractivity contribution >= 4 is 27.5 Å². The van der Waals surface area contributed by atoms with E-state index >= 15 is 0 Å². The molecule has 0 amide bonds. The third-order valence-corrected chi connectivity index (χ3v) is 2.76. The van der Waals surface area contributed by atoms with Gasteiger partial charge < -0.3 is 5.11 Å². The maximum Gasteiger partial charge on any atom is 0.265 e. The largest absolute Gasteiger partial charge is 0.392 e. The van der Waals surface area contributed by atoms with Crippen molar-refractivity contribution in [1.82, 2.24) is 4.98 Å². The molecule has 1 N–H and O–H groups in total. The van der Waals surface area contributed by atoms with E-state index in [1.807, 2.05) is 0 Å². The van der Waals surface area contributed by atoms with Crippen molar-refractivity contribution in [3.05, 3.63) is 27.5 Å². The average Bonchev–Trinajstić information content (AvgIpc) is 2.16. The molecule has 0 spiro atoms. The molecule has 0 bridgehead atoms. The molecule has 1 aromatic rings. The van der Waals surface area contributed by atoms with Crippen molar-refractivity contribution in [2.75, 3.05) is 0 Å². The predicted octanol–water partition coefficient (Wildman–Crippen LogP) is 3.01. The molecule has 0 saturated carbocycles. The molecule has 0 unspecified atom stereocenters. The summed E-state index contributed by atoms with van der Waals surface area (Å²) in [6, 6.07) is 0. The Labute approximate surface area is 93.0 Å². The monoisotopic (exact) mass is 285 g/mol. The Kier molecular flexibility index (Phi) is 4.22. The second-order valence-corrected chi connectivity index (χ2v) is 3.57. The summed E-state index contributed by atoms with van der Waals surface area (Å²) in [7, 11) is 0. The van der Waals surface area contributed by atoms with E-state index in [4.69, 9.17) is 16.7 Å². The molecule has 0 aliphatic carbocycles. The van der Waals surface area contributed by atoms with Gasteiger partial charge in [0, 0.05) is 23.2 Å². The van der Waals surface area contributed by atoms with Crippen LogP contribution in [0.5, 0.6) is 0 Å². The van der Waals surface area contributed by atoms with Gasteiger partial charge in [0.2, 0.25) is 0 Å². The number of rotatable bonds is 3. The molecular weight excluding hydrogens is 279 g/mol. The molecule has 0 atom stereocenters. The first-order valence-electron chi connectivity index (χ1n) is 3.73. The number of aromatic nitrogens is 1. The molecule has 14 heavy (non-hydrogen) atoms. The lowest BCUT2D eigenvalue weighted by atomic mass is 10.1. The van der Waals surface area contributed by atoms with Crippen LogP contribution in [0, 0.1) is 0 Å². The molecule has 0 fully saturated rings. The Morgan fingerprint density at radius 2 is 2.14 bits per heavy atom. The summed E-state index contributed by atoms with van der Waals surface area (Å²) in [4.78, 5) is 3.70. The fourth-order valence-electron chi connectivity index (χ4n) is 1.09. The van der Waals surface area contributed by atoms with E-state index in [9.17, 15) is 8.78 Å². The number of hydrogen-bond acceptors (Lipinski definition) is 2. The number of halogens is 4. The Morgan fingerprint density at radius 1 is 1.50 bits per heavy atom. The van der Waals surface area contributed by atoms with Crippen molar-refractivity contribution in [2.24, 2.45) is 0 Å². The predicted molar refractivity (Wildman–Crippen MR) is 52.4 cm³/mol. The van der Waals surface area contributed by atoms with Crippen LogP contribution in [-0.2, 0) is 12.5 Å². The van der Waals surface area contributed by atoms with Gasteiger partial charge in [0.25, 0.3) is 6.43 Å². The Balaban J connectivity index is 3.33. The minimum absolute atomic E-state index is 0.0727. The van der Waals surface area contributed by atoms with Gasteiger partial charge in [-0.05, 0) is 21.5 Å². The smallest absolute Gasteiger partial charge is 0.265 e. The van der Waals surface area contributed by atoms with Gasteiger partial charge in [-0.2, -0.15) is 0 Å². The molecule has 1 rings (SSSR count). The minimum Gasteiger partial charge on any atom is -0.392 e. The van der Waals surface area contributed by atoms with E-state index in [2.05, 4.69) is 20.9 Å². The number of alkyl halides is 3. The summed E-state index contributed by atoms with van der Waals surface area (Å²) < 4.78 is 25.3. The highest BCUT2D eigenvalue weighted by atomic mass is 79.9. The Morgan fingerprint density at radius 3 is 2.57 bits per heavy atom. The third kappa shape index (κ3) is 2.21. The number of aliphatic hydroxyl groups is 1. The lowest BCUT2D eigenvalue weighted by molar-refractivity contribution is 0.149. The van der Waals surface area contributed by atoms with Crippen LogP contribution in [0.2, 0.25) is 0 Å². The van der Waals surface area contributed by atoms with Crippen LogP contribution in [0.15, 0.2) is 10.8 Å². The van der Waals surface area contributed by atoms with E-state index in [1.54, 1.807) is 0 Å². The van der Waals surface area contributed by atoms with Crippen molar-refractivity contribution in [3.8, 4) is 0 Å². The molecule has 0 radical (unpaired) electrons. The van der Waals surface area contributed by atoms with Crippen LogP contribution >= 0.6 is 27.5 Å². The van der Waals surface area contributed by atoms with Gasteiger partial charge in [-0.25, -0.2) is 13.8 Å². The summed E-state index contributed by atoms with van der Waals surface area (Å²) in [5.74, 6) is -0.0727. The molecule has 2 nitrogen and oxygen atoms in total. The van der Waals surface area contributed by atoms with Gasteiger partial charge >= 0.3 is 0 Å². The number of hydrogen-bond donors (Lipinski definition) is 1. The number of nitrogens with zero attached hydrogens (tertiary/aromatic N) is 1. The van der Waals surface area contributed by atoms with Gasteiger partial charge in [-0.1, -0.05) is 0 Å². The fourth-order valence-corrected chi connectivity index (χ4v) is 1.87. The quantitative estimate of drug-likeness (QED) is 0.684. The van der Waals surface area contributed by atoms with E-state index < -0.39 is 6.43 Å². The molecule has 0 aromatic carbocycles. The third-order valence-electron chi connectivity index (χ3n) is 1.81. The topological polar surface area (TPSA) is 33.1 Å². The van der Waals surface area contributed by atoms with Gasteiger partial charge in [0.15, 0.2) is 0 Å². The Bertz CT molecular complexity index is 335. The number of pyridine rings is 1. The number of aliphatic hydroxyl groups excluding tert-OH is 1. The summed E-state index contributed by atoms with van der Waals surface area (Å²) in [6.07, 6.45) is -1.57. The van der Waals surface area contributed by atoms with Crippen LogP contribution in [-0.4, -0.2) is 10.1 Å². The van der Waals surface area contributed by atoms with Crippen LogP contribution in [0.3, 0.4) is 0 Å². The highest BCUT2D eigenvalue weighted by molar-refractivity contribution is 9.10. The summed E-state index contributed by atoms with van der Waals surface area (Å²) in [6.45, 7) is -0.365. The zero-order valence-corrected chi connectivity index (χ0v) is 9.32. The molecule has 6 heteroatoms. The van der Waals surface area contributed by atoms with E-state index in [0.29, 0.717) is 10.2 Å². The van der Waals surface area contributed by atoms with Crippen molar-refractivity contribution in [2.45, 2.75) is 18.9 Å². The lowest BCUT2D eigenvalue weighted by Crippen LogP contribution is -2.02. The fraction of sp³-hybridized carbons (Fsp3) is 0.375. The molecule has 78 valence electrons. The molecule has 0 aliphatic heterocycles. The minimum atomic E-state index is -2.63. The maximum absolute atomic E-state index is 12.5. The summed E-state index contributed by atoms with van der Waals surface area (Å²) in [5, 5.41) is 8.96. The molecule has 0 aliphatic rings. The Hall–Kier alpha value is -0.260.